The molecule has 7 heteroatoms. The fourth-order valence-electron chi connectivity index (χ4n) is 3.16. The van der Waals surface area contributed by atoms with E-state index in [2.05, 4.69) is 0 Å². The Morgan fingerprint density at radius 3 is 2.65 bits per heavy atom. The molecular weight excluding hydrogens is 334 g/mol. The van der Waals surface area contributed by atoms with Crippen LogP contribution >= 0.6 is 0 Å². The average molecular weight is 361 g/mol. The smallest absolute Gasteiger partial charge is 0.310 e. The van der Waals surface area contributed by atoms with Crippen LogP contribution in [0.2, 0.25) is 0 Å². The van der Waals surface area contributed by atoms with E-state index in [-0.39, 0.29) is 37.3 Å². The Balaban J connectivity index is 2.01. The van der Waals surface area contributed by atoms with Crippen molar-refractivity contribution in [3.8, 4) is 0 Å². The molecule has 1 fully saturated rings. The Bertz CT molecular complexity index is 620. The number of primary amides is 1. The molecule has 142 valence electrons. The van der Waals surface area contributed by atoms with Crippen molar-refractivity contribution in [2.45, 2.75) is 26.2 Å². The summed E-state index contributed by atoms with van der Waals surface area (Å²) in [4.78, 5) is 39.5. The lowest BCUT2D eigenvalue weighted by molar-refractivity contribution is -0.150. The van der Waals surface area contributed by atoms with Crippen LogP contribution < -0.4 is 10.6 Å². The first-order valence-electron chi connectivity index (χ1n) is 9.04. The lowest BCUT2D eigenvalue weighted by atomic mass is 9.98. The second kappa shape index (κ2) is 9.91. The summed E-state index contributed by atoms with van der Waals surface area (Å²) in [5, 5.41) is 0. The molecule has 1 heterocycles. The molecule has 0 aromatic heterocycles. The number of nitrogens with zero attached hydrogens (tertiary/aromatic N) is 2. The monoisotopic (exact) mass is 361 g/mol. The molecule has 2 N–H and O–H groups in total. The summed E-state index contributed by atoms with van der Waals surface area (Å²) < 4.78 is 5.10. The van der Waals surface area contributed by atoms with Crippen molar-refractivity contribution < 1.29 is 19.1 Å². The van der Waals surface area contributed by atoms with Gasteiger partial charge in [0.1, 0.15) is 0 Å². The molecule has 2 rings (SSSR count). The molecule has 1 aliphatic heterocycles. The van der Waals surface area contributed by atoms with Crippen molar-refractivity contribution in [2.75, 3.05) is 37.7 Å². The van der Waals surface area contributed by atoms with E-state index in [1.807, 2.05) is 35.2 Å². The van der Waals surface area contributed by atoms with Gasteiger partial charge in [-0.15, -0.1) is 0 Å². The number of ether oxygens (including phenoxy) is 1. The van der Waals surface area contributed by atoms with Crippen molar-refractivity contribution in [1.29, 1.82) is 0 Å². The van der Waals surface area contributed by atoms with Gasteiger partial charge in [-0.1, -0.05) is 18.2 Å². The van der Waals surface area contributed by atoms with Crippen LogP contribution in [0.5, 0.6) is 0 Å². The molecule has 1 atom stereocenters. The highest BCUT2D eigenvalue weighted by atomic mass is 16.5. The number of piperidine rings is 1. The number of amides is 2. The zero-order chi connectivity index (χ0) is 18.9. The second-order valence-corrected chi connectivity index (χ2v) is 6.42. The quantitative estimate of drug-likeness (QED) is 0.702. The predicted octanol–water partition coefficient (Wildman–Crippen LogP) is 1.17. The van der Waals surface area contributed by atoms with Crippen molar-refractivity contribution in [2.24, 2.45) is 11.7 Å². The van der Waals surface area contributed by atoms with Gasteiger partial charge in [0.2, 0.25) is 11.8 Å². The molecule has 2 amide bonds. The first kappa shape index (κ1) is 19.9. The molecule has 0 aliphatic carbocycles. The van der Waals surface area contributed by atoms with E-state index in [0.29, 0.717) is 13.2 Å². The number of para-hydroxylation sites is 1. The fourth-order valence-corrected chi connectivity index (χ4v) is 3.16. The number of hydrogen-bond acceptors (Lipinski definition) is 5. The van der Waals surface area contributed by atoms with Gasteiger partial charge in [0.15, 0.2) is 0 Å². The minimum atomic E-state index is -0.445. The summed E-state index contributed by atoms with van der Waals surface area (Å²) in [6.45, 7) is 3.88. The SMILES string of the molecule is CCOC(=O)C1CCCN(CC(=O)N(CCC(N)=O)c2ccccc2)C1. The van der Waals surface area contributed by atoms with Gasteiger partial charge < -0.3 is 15.4 Å². The third-order valence-electron chi connectivity index (χ3n) is 4.44. The lowest BCUT2D eigenvalue weighted by Gasteiger charge is -2.32. The van der Waals surface area contributed by atoms with Crippen LogP contribution in [0.4, 0.5) is 5.69 Å². The van der Waals surface area contributed by atoms with Gasteiger partial charge in [0.25, 0.3) is 0 Å². The Hall–Kier alpha value is -2.41. The summed E-state index contributed by atoms with van der Waals surface area (Å²) >= 11 is 0. The standard InChI is InChI=1S/C19H27N3O4/c1-2-26-19(25)15-7-6-11-21(13-15)14-18(24)22(12-10-17(20)23)16-8-4-3-5-9-16/h3-5,8-9,15H,2,6-7,10-14H2,1H3,(H2,20,23). The van der Waals surface area contributed by atoms with Crippen LogP contribution in [0, 0.1) is 5.92 Å². The molecule has 0 radical (unpaired) electrons. The van der Waals surface area contributed by atoms with Gasteiger partial charge >= 0.3 is 5.97 Å². The zero-order valence-corrected chi connectivity index (χ0v) is 15.2. The van der Waals surface area contributed by atoms with Crippen LogP contribution in [-0.2, 0) is 19.1 Å². The van der Waals surface area contributed by atoms with E-state index in [1.165, 1.54) is 0 Å². The molecule has 26 heavy (non-hydrogen) atoms. The van der Waals surface area contributed by atoms with Crippen molar-refractivity contribution in [3.63, 3.8) is 0 Å². The van der Waals surface area contributed by atoms with Gasteiger partial charge in [-0.2, -0.15) is 0 Å². The molecule has 0 saturated carbocycles. The molecular formula is C19H27N3O4. The van der Waals surface area contributed by atoms with Crippen molar-refractivity contribution >= 4 is 23.5 Å². The fraction of sp³-hybridized carbons (Fsp3) is 0.526. The van der Waals surface area contributed by atoms with E-state index < -0.39 is 5.91 Å². The highest BCUT2D eigenvalue weighted by molar-refractivity contribution is 5.95. The topological polar surface area (TPSA) is 92.9 Å². The highest BCUT2D eigenvalue weighted by Gasteiger charge is 2.29. The van der Waals surface area contributed by atoms with Crippen LogP contribution in [0.1, 0.15) is 26.2 Å². The number of likely N-dealkylation sites (tertiary alicyclic amines) is 1. The summed E-state index contributed by atoms with van der Waals surface area (Å²) in [6, 6.07) is 9.22. The van der Waals surface area contributed by atoms with E-state index in [9.17, 15) is 14.4 Å². The number of carbonyl (C=O) groups is 3. The number of hydrogen-bond donors (Lipinski definition) is 1. The lowest BCUT2D eigenvalue weighted by Crippen LogP contribution is -2.46. The van der Waals surface area contributed by atoms with Crippen LogP contribution in [0.15, 0.2) is 30.3 Å². The molecule has 1 aliphatic rings. The number of carbonyl (C=O) groups excluding carboxylic acids is 3. The largest absolute Gasteiger partial charge is 0.466 e. The molecule has 1 aromatic rings. The average Bonchev–Trinajstić information content (AvgIpc) is 2.63. The van der Waals surface area contributed by atoms with E-state index in [4.69, 9.17) is 10.5 Å². The maximum absolute atomic E-state index is 12.8. The zero-order valence-electron chi connectivity index (χ0n) is 15.2. The molecule has 1 aromatic carbocycles. The number of anilines is 1. The predicted molar refractivity (Wildman–Crippen MR) is 98.4 cm³/mol. The van der Waals surface area contributed by atoms with Crippen LogP contribution in [0.3, 0.4) is 0 Å². The first-order valence-corrected chi connectivity index (χ1v) is 9.04. The van der Waals surface area contributed by atoms with Crippen LogP contribution in [0.25, 0.3) is 0 Å². The summed E-state index contributed by atoms with van der Waals surface area (Å²) in [5.41, 5.74) is 5.98. The Morgan fingerprint density at radius 1 is 1.27 bits per heavy atom. The number of benzene rings is 1. The molecule has 0 bridgehead atoms. The molecule has 0 spiro atoms. The molecule has 7 nitrogen and oxygen atoms in total. The summed E-state index contributed by atoms with van der Waals surface area (Å²) in [7, 11) is 0. The van der Waals surface area contributed by atoms with Gasteiger partial charge in [-0.05, 0) is 38.4 Å². The summed E-state index contributed by atoms with van der Waals surface area (Å²) in [6.07, 6.45) is 1.74. The highest BCUT2D eigenvalue weighted by Crippen LogP contribution is 2.19. The van der Waals surface area contributed by atoms with Gasteiger partial charge in [0, 0.05) is 25.2 Å². The second-order valence-electron chi connectivity index (χ2n) is 6.42. The Labute approximate surface area is 154 Å². The summed E-state index contributed by atoms with van der Waals surface area (Å²) in [5.74, 6) is -0.938. The Morgan fingerprint density at radius 2 is 2.00 bits per heavy atom. The number of nitrogens with two attached hydrogens (primary N) is 1. The first-order chi connectivity index (χ1) is 12.5. The van der Waals surface area contributed by atoms with E-state index in [0.717, 1.165) is 25.1 Å². The molecule has 1 unspecified atom stereocenters. The van der Waals surface area contributed by atoms with E-state index in [1.54, 1.807) is 11.8 Å². The minimum absolute atomic E-state index is 0.103. The van der Waals surface area contributed by atoms with Crippen molar-refractivity contribution in [3.05, 3.63) is 30.3 Å². The van der Waals surface area contributed by atoms with Crippen molar-refractivity contribution in [1.82, 2.24) is 4.90 Å². The van der Waals surface area contributed by atoms with Gasteiger partial charge in [-0.3, -0.25) is 19.3 Å². The van der Waals surface area contributed by atoms with Crippen LogP contribution in [-0.4, -0.2) is 55.5 Å². The van der Waals surface area contributed by atoms with E-state index >= 15 is 0 Å². The normalized spacial score (nSPS) is 17.5. The van der Waals surface area contributed by atoms with Gasteiger partial charge in [0.05, 0.1) is 19.1 Å². The maximum Gasteiger partial charge on any atom is 0.310 e. The van der Waals surface area contributed by atoms with Gasteiger partial charge in [-0.25, -0.2) is 0 Å². The number of rotatable bonds is 8. The molecule has 1 saturated heterocycles. The Kier molecular flexibility index (Phi) is 7.59. The third-order valence-corrected chi connectivity index (χ3v) is 4.44. The maximum atomic E-state index is 12.8. The minimum Gasteiger partial charge on any atom is -0.466 e. The number of esters is 1. The third kappa shape index (κ3) is 5.84.